The van der Waals surface area contributed by atoms with E-state index in [1.807, 2.05) is 0 Å². The van der Waals surface area contributed by atoms with Gasteiger partial charge in [0.25, 0.3) is 5.89 Å². The molecule has 0 aliphatic carbocycles. The summed E-state index contributed by atoms with van der Waals surface area (Å²) >= 11 is 5.81. The number of rotatable bonds is 5. The van der Waals surface area contributed by atoms with Crippen molar-refractivity contribution >= 4 is 21.4 Å². The van der Waals surface area contributed by atoms with Gasteiger partial charge in [0, 0.05) is 16.7 Å². The predicted octanol–water partition coefficient (Wildman–Crippen LogP) is 2.80. The normalized spacial score (nSPS) is 11.7. The summed E-state index contributed by atoms with van der Waals surface area (Å²) in [5, 5.41) is 7.96. The highest BCUT2D eigenvalue weighted by atomic mass is 35.5. The Bertz CT molecular complexity index is 916. The number of benzene rings is 1. The Morgan fingerprint density at radius 1 is 1.09 bits per heavy atom. The second-order valence-electron chi connectivity index (χ2n) is 4.98. The Balaban J connectivity index is 1.74. The maximum atomic E-state index is 12.1. The molecule has 0 aliphatic rings. The summed E-state index contributed by atoms with van der Waals surface area (Å²) in [4.78, 5) is 4.10. The summed E-state index contributed by atoms with van der Waals surface area (Å²) in [7, 11) is -3.48. The molecule has 0 atom stereocenters. The van der Waals surface area contributed by atoms with Crippen LogP contribution in [0.1, 0.15) is 17.3 Å². The van der Waals surface area contributed by atoms with E-state index in [1.54, 1.807) is 37.3 Å². The number of hydrogen-bond acceptors (Lipinski definition) is 7. The van der Waals surface area contributed by atoms with E-state index in [-0.39, 0.29) is 23.2 Å². The highest BCUT2D eigenvalue weighted by molar-refractivity contribution is 7.89. The van der Waals surface area contributed by atoms with Gasteiger partial charge in [-0.1, -0.05) is 21.9 Å². The molecule has 7 nitrogen and oxygen atoms in total. The van der Waals surface area contributed by atoms with E-state index >= 15 is 0 Å². The van der Waals surface area contributed by atoms with Crippen molar-refractivity contribution in [3.63, 3.8) is 0 Å². The van der Waals surface area contributed by atoms with Crippen molar-refractivity contribution in [3.05, 3.63) is 52.6 Å². The van der Waals surface area contributed by atoms with Gasteiger partial charge in [-0.25, -0.2) is 8.42 Å². The first-order chi connectivity index (χ1) is 10.9. The molecule has 0 N–H and O–H groups in total. The van der Waals surface area contributed by atoms with Gasteiger partial charge in [-0.2, -0.15) is 4.98 Å². The summed E-state index contributed by atoms with van der Waals surface area (Å²) in [5.41, 5.74) is 1.02. The minimum absolute atomic E-state index is 0.0927. The quantitative estimate of drug-likeness (QED) is 0.695. The molecular formula is C14H12ClN3O4S. The fraction of sp³-hybridized carbons (Fsp3) is 0.214. The molecule has 0 unspecified atom stereocenters. The zero-order valence-corrected chi connectivity index (χ0v) is 13.6. The van der Waals surface area contributed by atoms with Crippen LogP contribution >= 0.6 is 11.6 Å². The lowest BCUT2D eigenvalue weighted by molar-refractivity contribution is 0.392. The maximum Gasteiger partial charge on any atom is 0.257 e. The molecule has 0 spiro atoms. The minimum atomic E-state index is -3.48. The summed E-state index contributed by atoms with van der Waals surface area (Å²) in [6.07, 6.45) is 0. The number of aryl methyl sites for hydroxylation is 1. The van der Waals surface area contributed by atoms with Crippen LogP contribution < -0.4 is 0 Å². The van der Waals surface area contributed by atoms with Gasteiger partial charge in [-0.15, -0.1) is 0 Å². The smallest absolute Gasteiger partial charge is 0.257 e. The van der Waals surface area contributed by atoms with Crippen LogP contribution in [0.25, 0.3) is 11.5 Å². The lowest BCUT2D eigenvalue weighted by Crippen LogP contribution is -2.09. The lowest BCUT2D eigenvalue weighted by Gasteiger charge is -1.97. The van der Waals surface area contributed by atoms with Crippen LogP contribution in [0.15, 0.2) is 39.4 Å². The minimum Gasteiger partial charge on any atom is -0.361 e. The third-order valence-electron chi connectivity index (χ3n) is 2.95. The van der Waals surface area contributed by atoms with Crippen LogP contribution in [0.5, 0.6) is 0 Å². The summed E-state index contributed by atoms with van der Waals surface area (Å²) in [6, 6.07) is 8.38. The van der Waals surface area contributed by atoms with Crippen molar-refractivity contribution in [2.75, 3.05) is 0 Å². The molecule has 2 heterocycles. The fourth-order valence-corrected chi connectivity index (χ4v) is 3.31. The maximum absolute atomic E-state index is 12.1. The van der Waals surface area contributed by atoms with Crippen molar-refractivity contribution in [1.82, 2.24) is 15.3 Å². The van der Waals surface area contributed by atoms with Gasteiger partial charge in [0.1, 0.15) is 11.5 Å². The highest BCUT2D eigenvalue weighted by Gasteiger charge is 2.20. The molecule has 3 rings (SSSR count). The first-order valence-corrected chi connectivity index (χ1v) is 8.82. The van der Waals surface area contributed by atoms with E-state index < -0.39 is 9.84 Å². The highest BCUT2D eigenvalue weighted by Crippen LogP contribution is 2.20. The molecule has 0 fully saturated rings. The van der Waals surface area contributed by atoms with Gasteiger partial charge in [-0.3, -0.25) is 0 Å². The largest absolute Gasteiger partial charge is 0.361 e. The fourth-order valence-electron chi connectivity index (χ4n) is 1.98. The molecule has 0 saturated heterocycles. The third-order valence-corrected chi connectivity index (χ3v) is 4.64. The van der Waals surface area contributed by atoms with Crippen molar-refractivity contribution in [1.29, 1.82) is 0 Å². The zero-order valence-electron chi connectivity index (χ0n) is 12.1. The number of aromatic nitrogens is 3. The second kappa shape index (κ2) is 6.13. The van der Waals surface area contributed by atoms with Crippen molar-refractivity contribution < 1.29 is 17.5 Å². The Morgan fingerprint density at radius 2 is 1.83 bits per heavy atom. The van der Waals surface area contributed by atoms with Gasteiger partial charge >= 0.3 is 0 Å². The molecule has 0 aliphatic heterocycles. The molecule has 23 heavy (non-hydrogen) atoms. The number of hydrogen-bond donors (Lipinski definition) is 0. The van der Waals surface area contributed by atoms with Gasteiger partial charge in [0.05, 0.1) is 11.4 Å². The molecular weight excluding hydrogens is 342 g/mol. The van der Waals surface area contributed by atoms with E-state index in [9.17, 15) is 8.42 Å². The lowest BCUT2D eigenvalue weighted by atomic mass is 10.2. The molecule has 9 heteroatoms. The molecule has 1 aromatic carbocycles. The van der Waals surface area contributed by atoms with E-state index in [0.29, 0.717) is 22.0 Å². The molecule has 3 aromatic rings. The number of sulfone groups is 1. The molecule has 0 amide bonds. The van der Waals surface area contributed by atoms with Crippen LogP contribution in [-0.2, 0) is 21.3 Å². The molecule has 120 valence electrons. The van der Waals surface area contributed by atoms with E-state index in [2.05, 4.69) is 15.3 Å². The van der Waals surface area contributed by atoms with Gasteiger partial charge in [0.2, 0.25) is 0 Å². The monoisotopic (exact) mass is 353 g/mol. The van der Waals surface area contributed by atoms with Crippen LogP contribution in [0.4, 0.5) is 0 Å². The van der Waals surface area contributed by atoms with Crippen LogP contribution in [0.2, 0.25) is 5.02 Å². The third kappa shape index (κ3) is 3.96. The Morgan fingerprint density at radius 3 is 2.48 bits per heavy atom. The second-order valence-corrected chi connectivity index (χ2v) is 7.48. The van der Waals surface area contributed by atoms with Crippen LogP contribution in [0, 0.1) is 6.92 Å². The summed E-state index contributed by atoms with van der Waals surface area (Å²) in [6.45, 7) is 1.70. The Hall–Kier alpha value is -2.19. The molecule has 0 radical (unpaired) electrons. The van der Waals surface area contributed by atoms with E-state index in [0.717, 1.165) is 0 Å². The first kappa shape index (κ1) is 15.7. The van der Waals surface area contributed by atoms with Gasteiger partial charge < -0.3 is 9.05 Å². The van der Waals surface area contributed by atoms with Crippen molar-refractivity contribution in [3.8, 4) is 11.5 Å². The SMILES string of the molecule is Cc1cc(CS(=O)(=O)Cc2noc(-c3ccc(Cl)cc3)n2)no1. The molecule has 0 bridgehead atoms. The Kier molecular flexibility index (Phi) is 4.18. The van der Waals surface area contributed by atoms with Crippen molar-refractivity contribution in [2.45, 2.75) is 18.4 Å². The Labute approximate surface area is 137 Å². The topological polar surface area (TPSA) is 99.1 Å². The standard InChI is InChI=1S/C14H12ClN3O4S/c1-9-6-12(17-21-9)7-23(19,20)8-13-16-14(22-18-13)10-2-4-11(15)5-3-10/h2-6H,7-8H2,1H3. The summed E-state index contributed by atoms with van der Waals surface area (Å²) < 4.78 is 34.2. The van der Waals surface area contributed by atoms with Crippen molar-refractivity contribution in [2.24, 2.45) is 0 Å². The average Bonchev–Trinajstić information content (AvgIpc) is 3.08. The zero-order chi connectivity index (χ0) is 16.4. The van der Waals surface area contributed by atoms with Crippen LogP contribution in [-0.4, -0.2) is 23.7 Å². The van der Waals surface area contributed by atoms with E-state index in [1.165, 1.54) is 0 Å². The number of halogens is 1. The average molecular weight is 354 g/mol. The molecule has 0 saturated carbocycles. The van der Waals surface area contributed by atoms with E-state index in [4.69, 9.17) is 20.6 Å². The van der Waals surface area contributed by atoms with Gasteiger partial charge in [-0.05, 0) is 31.2 Å². The molecule has 2 aromatic heterocycles. The van der Waals surface area contributed by atoms with Gasteiger partial charge in [0.15, 0.2) is 15.7 Å². The number of nitrogens with zero attached hydrogens (tertiary/aromatic N) is 3. The predicted molar refractivity (Wildman–Crippen MR) is 82.3 cm³/mol. The van der Waals surface area contributed by atoms with Crippen LogP contribution in [0.3, 0.4) is 0 Å². The first-order valence-electron chi connectivity index (χ1n) is 6.62. The summed E-state index contributed by atoms with van der Waals surface area (Å²) in [5.74, 6) is 0.310.